The van der Waals surface area contributed by atoms with E-state index < -0.39 is 0 Å². The lowest BCUT2D eigenvalue weighted by atomic mass is 9.84. The molecule has 0 radical (unpaired) electrons. The van der Waals surface area contributed by atoms with Crippen LogP contribution in [-0.4, -0.2) is 41.7 Å². The number of ether oxygens (including phenoxy) is 1. The summed E-state index contributed by atoms with van der Waals surface area (Å²) in [6.45, 7) is 4.70. The van der Waals surface area contributed by atoms with Gasteiger partial charge in [0.05, 0.1) is 31.1 Å². The fourth-order valence-corrected chi connectivity index (χ4v) is 6.36. The zero-order valence-corrected chi connectivity index (χ0v) is 19.2. The summed E-state index contributed by atoms with van der Waals surface area (Å²) in [6.07, 6.45) is 9.60. The molecule has 2 saturated heterocycles. The van der Waals surface area contributed by atoms with Crippen molar-refractivity contribution in [3.8, 4) is 0 Å². The Labute approximate surface area is 181 Å². The van der Waals surface area contributed by atoms with Crippen molar-refractivity contribution in [2.75, 3.05) is 7.05 Å². The van der Waals surface area contributed by atoms with Gasteiger partial charge in [0.2, 0.25) is 0 Å². The predicted octanol–water partition coefficient (Wildman–Crippen LogP) is 2.06. The topological polar surface area (TPSA) is 26.3 Å². The van der Waals surface area contributed by atoms with Gasteiger partial charge in [-0.05, 0) is 38.2 Å². The third-order valence-corrected chi connectivity index (χ3v) is 8.16. The number of halogens is 1. The van der Waals surface area contributed by atoms with Crippen molar-refractivity contribution in [2.24, 2.45) is 5.92 Å². The minimum absolute atomic E-state index is 0. The predicted molar refractivity (Wildman–Crippen MR) is 108 cm³/mol. The molecule has 4 heteroatoms. The van der Waals surface area contributed by atoms with E-state index in [-0.39, 0.29) is 35.0 Å². The number of fused-ring (bicyclic) bond motifs is 2. The lowest BCUT2D eigenvalue weighted by molar-refractivity contribution is -0.968. The van der Waals surface area contributed by atoms with Gasteiger partial charge in [-0.15, -0.1) is 0 Å². The first-order valence-electron chi connectivity index (χ1n) is 11.1. The zero-order valence-electron chi connectivity index (χ0n) is 17.6. The highest BCUT2D eigenvalue weighted by atomic mass is 79.9. The monoisotopic (exact) mass is 449 g/mol. The molecule has 156 valence electrons. The maximum atomic E-state index is 13.3. The second-order valence-electron chi connectivity index (χ2n) is 9.66. The smallest absolute Gasteiger partial charge is 0.313 e. The van der Waals surface area contributed by atoms with Gasteiger partial charge in [-0.25, -0.2) is 0 Å². The minimum atomic E-state index is -0.0701. The highest BCUT2D eigenvalue weighted by molar-refractivity contribution is 5.78. The van der Waals surface area contributed by atoms with Crippen LogP contribution in [0.25, 0.3) is 0 Å². The summed E-state index contributed by atoms with van der Waals surface area (Å²) >= 11 is 0. The molecule has 0 aromatic heterocycles. The first-order chi connectivity index (χ1) is 13.0. The third kappa shape index (κ3) is 3.92. The van der Waals surface area contributed by atoms with E-state index in [2.05, 4.69) is 45.2 Å². The molecule has 4 rings (SSSR count). The molecule has 2 aliphatic heterocycles. The first-order valence-corrected chi connectivity index (χ1v) is 11.1. The van der Waals surface area contributed by atoms with Crippen molar-refractivity contribution in [2.45, 2.75) is 95.4 Å². The van der Waals surface area contributed by atoms with Crippen molar-refractivity contribution in [3.05, 3.63) is 35.9 Å². The number of nitrogens with zero attached hydrogens (tertiary/aromatic N) is 1. The number of quaternary nitrogens is 1. The summed E-state index contributed by atoms with van der Waals surface area (Å²) in [4.78, 5) is 13.3. The average molecular weight is 450 g/mol. The van der Waals surface area contributed by atoms with Crippen LogP contribution >= 0.6 is 0 Å². The van der Waals surface area contributed by atoms with Crippen molar-refractivity contribution >= 4 is 5.97 Å². The molecule has 1 aliphatic carbocycles. The largest absolute Gasteiger partial charge is 1.00 e. The molecule has 3 atom stereocenters. The van der Waals surface area contributed by atoms with Gasteiger partial charge in [0, 0.05) is 25.7 Å². The van der Waals surface area contributed by atoms with Crippen LogP contribution in [0.1, 0.15) is 76.7 Å². The van der Waals surface area contributed by atoms with Crippen LogP contribution in [0.2, 0.25) is 0 Å². The number of benzene rings is 1. The van der Waals surface area contributed by atoms with Crippen LogP contribution in [-0.2, 0) is 9.53 Å². The molecule has 1 saturated carbocycles. The van der Waals surface area contributed by atoms with E-state index in [0.717, 1.165) is 31.2 Å². The van der Waals surface area contributed by atoms with Gasteiger partial charge >= 0.3 is 5.97 Å². The van der Waals surface area contributed by atoms with E-state index in [1.165, 1.54) is 30.2 Å². The van der Waals surface area contributed by atoms with Crippen molar-refractivity contribution in [1.82, 2.24) is 0 Å². The van der Waals surface area contributed by atoms with Gasteiger partial charge in [0.1, 0.15) is 6.10 Å². The molecule has 3 nitrogen and oxygen atoms in total. The Morgan fingerprint density at radius 3 is 2.11 bits per heavy atom. The van der Waals surface area contributed by atoms with E-state index >= 15 is 0 Å². The molecule has 0 N–H and O–H groups in total. The number of esters is 1. The molecule has 1 aromatic rings. The quantitative estimate of drug-likeness (QED) is 0.507. The van der Waals surface area contributed by atoms with Crippen LogP contribution < -0.4 is 17.0 Å². The molecular formula is C24H36BrNO2. The molecule has 2 heterocycles. The van der Waals surface area contributed by atoms with Crippen LogP contribution in [0.15, 0.2) is 30.3 Å². The summed E-state index contributed by atoms with van der Waals surface area (Å²) < 4.78 is 7.40. The van der Waals surface area contributed by atoms with E-state index in [0.29, 0.717) is 24.0 Å². The first kappa shape index (κ1) is 21.8. The van der Waals surface area contributed by atoms with E-state index in [1.807, 2.05) is 6.07 Å². The normalized spacial score (nSPS) is 33.5. The van der Waals surface area contributed by atoms with Crippen molar-refractivity contribution < 1.29 is 31.0 Å². The standard InChI is InChI=1S/C24H36NO2.BrH/c1-17(2)25(3)20-13-14-21(25)16-22(15-20)27-24(26)23(19-11-7-8-12-19)18-9-5-4-6-10-18;/h4-6,9-10,17,19-23H,7-8,11-16H2,1-3H3;1H/q+1;/p-1/t20-,21-,22?,23?,25?;/m1./s1. The molecule has 0 amide bonds. The molecule has 1 aromatic carbocycles. The highest BCUT2D eigenvalue weighted by Gasteiger charge is 2.54. The maximum Gasteiger partial charge on any atom is 0.313 e. The zero-order chi connectivity index (χ0) is 19.0. The Hall–Kier alpha value is -0.870. The van der Waals surface area contributed by atoms with Crippen molar-refractivity contribution in [1.29, 1.82) is 0 Å². The number of carbonyl (C=O) groups is 1. The summed E-state index contributed by atoms with van der Waals surface area (Å²) in [6, 6.07) is 12.3. The fourth-order valence-electron chi connectivity index (χ4n) is 6.36. The second-order valence-corrected chi connectivity index (χ2v) is 9.66. The Morgan fingerprint density at radius 2 is 1.57 bits per heavy atom. The second kappa shape index (κ2) is 8.87. The Bertz CT molecular complexity index is 642. The lowest BCUT2D eigenvalue weighted by Gasteiger charge is -2.49. The molecule has 0 spiro atoms. The molecule has 3 fully saturated rings. The summed E-state index contributed by atoms with van der Waals surface area (Å²) in [5.41, 5.74) is 1.15. The SMILES string of the molecule is CC(C)[N+]1(C)[C@@H]2CC[C@@H]1CC(OC(=O)C(c1ccccc1)C1CCCC1)C2.[Br-]. The Morgan fingerprint density at radius 1 is 1.00 bits per heavy atom. The van der Waals surface area contributed by atoms with E-state index in [4.69, 9.17) is 4.74 Å². The van der Waals surface area contributed by atoms with Gasteiger partial charge in [0.25, 0.3) is 0 Å². The lowest BCUT2D eigenvalue weighted by Crippen LogP contribution is -3.00. The number of piperidine rings is 1. The minimum Gasteiger partial charge on any atom is -1.00 e. The fraction of sp³-hybridized carbons (Fsp3) is 0.708. The third-order valence-electron chi connectivity index (χ3n) is 8.16. The number of hydrogen-bond donors (Lipinski definition) is 0. The average Bonchev–Trinajstić information content (AvgIpc) is 3.21. The summed E-state index contributed by atoms with van der Waals surface area (Å²) in [5, 5.41) is 0. The van der Waals surface area contributed by atoms with Gasteiger partial charge < -0.3 is 26.2 Å². The summed E-state index contributed by atoms with van der Waals surface area (Å²) in [5.74, 6) is 0.425. The van der Waals surface area contributed by atoms with Gasteiger partial charge in [0.15, 0.2) is 0 Å². The van der Waals surface area contributed by atoms with Crippen LogP contribution in [0.5, 0.6) is 0 Å². The number of carbonyl (C=O) groups excluding carboxylic acids is 1. The number of rotatable bonds is 5. The molecule has 3 aliphatic rings. The Balaban J connectivity index is 0.00000225. The molecule has 2 bridgehead atoms. The maximum absolute atomic E-state index is 13.3. The number of hydrogen-bond acceptors (Lipinski definition) is 2. The van der Waals surface area contributed by atoms with Gasteiger partial charge in [-0.1, -0.05) is 43.2 Å². The van der Waals surface area contributed by atoms with Crippen molar-refractivity contribution in [3.63, 3.8) is 0 Å². The summed E-state index contributed by atoms with van der Waals surface area (Å²) in [7, 11) is 2.43. The van der Waals surface area contributed by atoms with E-state index in [1.54, 1.807) is 0 Å². The van der Waals surface area contributed by atoms with Crippen LogP contribution in [0, 0.1) is 5.92 Å². The van der Waals surface area contributed by atoms with Gasteiger partial charge in [-0.3, -0.25) is 4.79 Å². The molecule has 1 unspecified atom stereocenters. The Kier molecular flexibility index (Phi) is 6.92. The van der Waals surface area contributed by atoms with Crippen LogP contribution in [0.4, 0.5) is 0 Å². The van der Waals surface area contributed by atoms with Gasteiger partial charge in [-0.2, -0.15) is 0 Å². The highest BCUT2D eigenvalue weighted by Crippen LogP contribution is 2.45. The molecule has 28 heavy (non-hydrogen) atoms. The van der Waals surface area contributed by atoms with E-state index in [9.17, 15) is 4.79 Å². The molecular weight excluding hydrogens is 414 g/mol. The van der Waals surface area contributed by atoms with Crippen LogP contribution in [0.3, 0.4) is 0 Å².